The van der Waals surface area contributed by atoms with Gasteiger partial charge < -0.3 is 0 Å². The van der Waals surface area contributed by atoms with Crippen LogP contribution in [0, 0.1) is 0 Å². The van der Waals surface area contributed by atoms with E-state index in [-0.39, 0.29) is 20.9 Å². The van der Waals surface area contributed by atoms with Crippen LogP contribution in [-0.4, -0.2) is 32.0 Å². The third-order valence-corrected chi connectivity index (χ3v) is 4.55. The molecule has 0 aromatic heterocycles. The summed E-state index contributed by atoms with van der Waals surface area (Å²) >= 11 is 0.0733. The van der Waals surface area contributed by atoms with Crippen LogP contribution in [-0.2, 0) is 4.79 Å². The Hall–Kier alpha value is -0.000390. The molecule has 0 bridgehead atoms. The van der Waals surface area contributed by atoms with Gasteiger partial charge in [-0.25, -0.2) is 0 Å². The van der Waals surface area contributed by atoms with Crippen LogP contribution in [0.1, 0.15) is 26.2 Å². The molecule has 0 aromatic rings. The van der Waals surface area contributed by atoms with Crippen LogP contribution in [0.15, 0.2) is 12.2 Å². The minimum atomic E-state index is -0.835. The van der Waals surface area contributed by atoms with Crippen molar-refractivity contribution in [2.24, 2.45) is 0 Å². The number of unbranched alkanes of at least 4 members (excludes halogenated alkanes) is 1. The fourth-order valence-corrected chi connectivity index (χ4v) is 3.76. The molecule has 0 radical (unpaired) electrons. The van der Waals surface area contributed by atoms with E-state index in [4.69, 9.17) is 5.11 Å². The topological polar surface area (TPSA) is 37.3 Å². The zero-order chi connectivity index (χ0) is 9.40. The van der Waals surface area contributed by atoms with Crippen molar-refractivity contribution in [2.45, 2.75) is 35.1 Å². The third-order valence-electron chi connectivity index (χ3n) is 1.49. The van der Waals surface area contributed by atoms with Gasteiger partial charge >= 0.3 is 84.1 Å². The Morgan fingerprint density at radius 3 is 2.67 bits per heavy atom. The Kier molecular flexibility index (Phi) is 7.64. The molecule has 0 aliphatic rings. The molecule has 0 heterocycles. The standard InChI is InChI=1S/C9H16O2Te/c1-3-4-6-12-7-5-8(2)9(10)11/h2-7H2,1H3,(H,10,11). The monoisotopic (exact) mass is 286 g/mol. The SMILES string of the molecule is C=C(CC[Te]CCCC)C(=O)O. The summed E-state index contributed by atoms with van der Waals surface area (Å²) < 4.78 is 2.44. The summed E-state index contributed by atoms with van der Waals surface area (Å²) in [5.41, 5.74) is 0.372. The van der Waals surface area contributed by atoms with Gasteiger partial charge in [-0.15, -0.1) is 0 Å². The van der Waals surface area contributed by atoms with Crippen LogP contribution in [0.2, 0.25) is 8.94 Å². The van der Waals surface area contributed by atoms with Crippen LogP contribution >= 0.6 is 0 Å². The van der Waals surface area contributed by atoms with Gasteiger partial charge in [0.1, 0.15) is 0 Å². The molecule has 0 atom stereocenters. The molecule has 0 saturated carbocycles. The Balaban J connectivity index is 3.20. The average molecular weight is 284 g/mol. The molecule has 0 fully saturated rings. The molecule has 0 aliphatic carbocycles. The first-order chi connectivity index (χ1) is 5.68. The second kappa shape index (κ2) is 7.64. The number of hydrogen-bond donors (Lipinski definition) is 1. The summed E-state index contributed by atoms with van der Waals surface area (Å²) in [5.74, 6) is -0.835. The molecule has 0 rings (SSSR count). The van der Waals surface area contributed by atoms with Crippen LogP contribution in [0.4, 0.5) is 0 Å². The van der Waals surface area contributed by atoms with Gasteiger partial charge in [0, 0.05) is 0 Å². The first kappa shape index (κ1) is 12.0. The molecule has 2 nitrogen and oxygen atoms in total. The van der Waals surface area contributed by atoms with E-state index in [9.17, 15) is 4.79 Å². The fraction of sp³-hybridized carbons (Fsp3) is 0.667. The molecule has 0 aromatic carbocycles. The quantitative estimate of drug-likeness (QED) is 0.442. The van der Waals surface area contributed by atoms with Crippen LogP contribution in [0.3, 0.4) is 0 Å². The number of carboxylic acid groups (broad SMARTS) is 1. The molecular weight excluding hydrogens is 268 g/mol. The Morgan fingerprint density at radius 1 is 1.50 bits per heavy atom. The Morgan fingerprint density at radius 2 is 2.17 bits per heavy atom. The first-order valence-corrected chi connectivity index (χ1v) is 7.46. The number of rotatable bonds is 7. The number of carboxylic acids is 1. The number of hydrogen-bond acceptors (Lipinski definition) is 1. The summed E-state index contributed by atoms with van der Waals surface area (Å²) in [4.78, 5) is 10.3. The van der Waals surface area contributed by atoms with E-state index < -0.39 is 5.97 Å². The van der Waals surface area contributed by atoms with Crippen molar-refractivity contribution < 1.29 is 9.90 Å². The molecule has 0 saturated heterocycles. The van der Waals surface area contributed by atoms with Crippen molar-refractivity contribution in [3.63, 3.8) is 0 Å². The van der Waals surface area contributed by atoms with Gasteiger partial charge in [0.05, 0.1) is 0 Å². The van der Waals surface area contributed by atoms with Gasteiger partial charge in [0.25, 0.3) is 0 Å². The minimum absolute atomic E-state index is 0.0733. The van der Waals surface area contributed by atoms with E-state index >= 15 is 0 Å². The molecule has 3 heteroatoms. The van der Waals surface area contributed by atoms with E-state index in [0.29, 0.717) is 12.0 Å². The zero-order valence-corrected chi connectivity index (χ0v) is 9.84. The summed E-state index contributed by atoms with van der Waals surface area (Å²) in [6, 6.07) is 0. The number of carbonyl (C=O) groups is 1. The molecule has 0 aliphatic heterocycles. The molecule has 0 unspecified atom stereocenters. The van der Waals surface area contributed by atoms with E-state index in [0.717, 1.165) is 4.47 Å². The first-order valence-electron chi connectivity index (χ1n) is 4.17. The van der Waals surface area contributed by atoms with Crippen molar-refractivity contribution in [1.29, 1.82) is 0 Å². The maximum atomic E-state index is 10.3. The van der Waals surface area contributed by atoms with Gasteiger partial charge in [-0.2, -0.15) is 0 Å². The number of aliphatic carboxylic acids is 1. The van der Waals surface area contributed by atoms with Crippen LogP contribution in [0.25, 0.3) is 0 Å². The Labute approximate surface area is 84.1 Å². The predicted molar refractivity (Wildman–Crippen MR) is 51.7 cm³/mol. The molecular formula is C9H16O2Te. The molecule has 12 heavy (non-hydrogen) atoms. The molecule has 0 amide bonds. The van der Waals surface area contributed by atoms with Crippen molar-refractivity contribution >= 4 is 26.9 Å². The summed E-state index contributed by atoms with van der Waals surface area (Å²) in [6.45, 7) is 5.68. The van der Waals surface area contributed by atoms with Crippen LogP contribution in [0.5, 0.6) is 0 Å². The van der Waals surface area contributed by atoms with Crippen molar-refractivity contribution in [3.05, 3.63) is 12.2 Å². The van der Waals surface area contributed by atoms with Gasteiger partial charge in [0.15, 0.2) is 0 Å². The Bertz CT molecular complexity index is 155. The van der Waals surface area contributed by atoms with Gasteiger partial charge in [-0.3, -0.25) is 0 Å². The zero-order valence-electron chi connectivity index (χ0n) is 7.51. The van der Waals surface area contributed by atoms with Crippen molar-refractivity contribution in [2.75, 3.05) is 0 Å². The second-order valence-electron chi connectivity index (χ2n) is 2.62. The normalized spacial score (nSPS) is 9.75. The maximum absolute atomic E-state index is 10.3. The van der Waals surface area contributed by atoms with E-state index in [1.54, 1.807) is 0 Å². The van der Waals surface area contributed by atoms with E-state index in [2.05, 4.69) is 13.5 Å². The van der Waals surface area contributed by atoms with E-state index in [1.807, 2.05) is 0 Å². The fourth-order valence-electron chi connectivity index (χ4n) is 0.651. The third kappa shape index (κ3) is 6.69. The van der Waals surface area contributed by atoms with Crippen molar-refractivity contribution in [3.8, 4) is 0 Å². The van der Waals surface area contributed by atoms with Crippen molar-refractivity contribution in [1.82, 2.24) is 0 Å². The van der Waals surface area contributed by atoms with Gasteiger partial charge in [-0.1, -0.05) is 0 Å². The summed E-state index contributed by atoms with van der Waals surface area (Å²) in [6.07, 6.45) is 3.26. The van der Waals surface area contributed by atoms with Crippen LogP contribution < -0.4 is 0 Å². The van der Waals surface area contributed by atoms with Gasteiger partial charge in [0.2, 0.25) is 0 Å². The van der Waals surface area contributed by atoms with E-state index in [1.165, 1.54) is 17.3 Å². The average Bonchev–Trinajstić information content (AvgIpc) is 2.03. The molecule has 70 valence electrons. The summed E-state index contributed by atoms with van der Waals surface area (Å²) in [5, 5.41) is 8.50. The predicted octanol–water partition coefficient (Wildman–Crippen LogP) is 2.36. The molecule has 0 spiro atoms. The molecule has 1 N–H and O–H groups in total. The van der Waals surface area contributed by atoms with Gasteiger partial charge in [-0.05, 0) is 0 Å². The summed E-state index contributed by atoms with van der Waals surface area (Å²) in [7, 11) is 0. The second-order valence-corrected chi connectivity index (χ2v) is 6.12.